The van der Waals surface area contributed by atoms with Crippen LogP contribution in [0.4, 0.5) is 0 Å². The smallest absolute Gasteiger partial charge is 0.133 e. The highest BCUT2D eigenvalue weighted by atomic mass is 79.9. The second-order valence-electron chi connectivity index (χ2n) is 6.22. The second-order valence-corrected chi connectivity index (χ2v) is 7.08. The maximum absolute atomic E-state index is 5.91. The fraction of sp³-hybridized carbons (Fsp3) is 0.600. The van der Waals surface area contributed by atoms with Gasteiger partial charge >= 0.3 is 0 Å². The lowest BCUT2D eigenvalue weighted by Crippen LogP contribution is -2.44. The molecule has 0 radical (unpaired) electrons. The van der Waals surface area contributed by atoms with E-state index in [1.807, 2.05) is 0 Å². The van der Waals surface area contributed by atoms with Crippen molar-refractivity contribution in [3.63, 3.8) is 0 Å². The van der Waals surface area contributed by atoms with Gasteiger partial charge in [-0.2, -0.15) is 0 Å². The van der Waals surface area contributed by atoms with Gasteiger partial charge in [0.15, 0.2) is 0 Å². The van der Waals surface area contributed by atoms with E-state index in [1.165, 1.54) is 18.4 Å². The summed E-state index contributed by atoms with van der Waals surface area (Å²) in [7, 11) is 0. The molecule has 0 atom stereocenters. The van der Waals surface area contributed by atoms with Gasteiger partial charge in [0.25, 0.3) is 0 Å². The van der Waals surface area contributed by atoms with E-state index in [0.29, 0.717) is 6.61 Å². The zero-order valence-corrected chi connectivity index (χ0v) is 12.8. The van der Waals surface area contributed by atoms with Gasteiger partial charge in [-0.25, -0.2) is 0 Å². The number of halogens is 1. The highest BCUT2D eigenvalue weighted by Gasteiger charge is 2.43. The molecule has 0 unspecified atom stereocenters. The molecule has 3 rings (SSSR count). The van der Waals surface area contributed by atoms with Crippen LogP contribution in [0.2, 0.25) is 0 Å². The Morgan fingerprint density at radius 1 is 1.37 bits per heavy atom. The average Bonchev–Trinajstić information content (AvgIpc) is 3.16. The summed E-state index contributed by atoms with van der Waals surface area (Å²) in [6.07, 6.45) is 2.40. The summed E-state index contributed by atoms with van der Waals surface area (Å²) < 4.78 is 12.2. The van der Waals surface area contributed by atoms with Gasteiger partial charge in [-0.05, 0) is 46.5 Å². The average molecular weight is 326 g/mol. The van der Waals surface area contributed by atoms with Crippen LogP contribution in [0.25, 0.3) is 0 Å². The Hall–Kier alpha value is -0.580. The molecular weight excluding hydrogens is 306 g/mol. The van der Waals surface area contributed by atoms with Crippen molar-refractivity contribution < 1.29 is 9.47 Å². The Balaban J connectivity index is 1.69. The second kappa shape index (κ2) is 4.76. The molecule has 3 nitrogen and oxygen atoms in total. The van der Waals surface area contributed by atoms with Crippen molar-refractivity contribution in [2.24, 2.45) is 11.1 Å². The predicted octanol–water partition coefficient (Wildman–Crippen LogP) is 2.85. The maximum Gasteiger partial charge on any atom is 0.133 e. The van der Waals surface area contributed by atoms with Gasteiger partial charge in [-0.3, -0.25) is 0 Å². The van der Waals surface area contributed by atoms with Crippen LogP contribution < -0.4 is 10.5 Å². The minimum atomic E-state index is 0.174. The Morgan fingerprint density at radius 2 is 2.11 bits per heavy atom. The molecule has 0 amide bonds. The molecular formula is C15H20BrNO2. The zero-order chi connectivity index (χ0) is 13.5. The first kappa shape index (κ1) is 13.4. The van der Waals surface area contributed by atoms with Gasteiger partial charge in [0.05, 0.1) is 24.3 Å². The molecule has 2 N–H and O–H groups in total. The molecule has 1 saturated heterocycles. The van der Waals surface area contributed by atoms with Crippen LogP contribution in [-0.2, 0) is 10.2 Å². The molecule has 0 bridgehead atoms. The van der Waals surface area contributed by atoms with Crippen LogP contribution in [0.15, 0.2) is 22.7 Å². The standard InChI is InChI=1S/C15H20BrNO2/c1-14(8-18-9-14)10-19-13-3-2-11(6-12(13)16)15(7-17)4-5-15/h2-3,6H,4-5,7-10,17H2,1H3. The number of hydrogen-bond acceptors (Lipinski definition) is 3. The molecule has 1 heterocycles. The minimum absolute atomic E-state index is 0.174. The molecule has 1 saturated carbocycles. The van der Waals surface area contributed by atoms with Crippen LogP contribution in [0.3, 0.4) is 0 Å². The van der Waals surface area contributed by atoms with Gasteiger partial charge in [0.2, 0.25) is 0 Å². The van der Waals surface area contributed by atoms with Crippen LogP contribution in [-0.4, -0.2) is 26.4 Å². The minimum Gasteiger partial charge on any atom is -0.492 e. The summed E-state index contributed by atoms with van der Waals surface area (Å²) in [5.74, 6) is 0.907. The van der Waals surface area contributed by atoms with Crippen molar-refractivity contribution in [3.05, 3.63) is 28.2 Å². The van der Waals surface area contributed by atoms with E-state index in [4.69, 9.17) is 15.2 Å². The van der Waals surface area contributed by atoms with E-state index in [0.717, 1.165) is 30.0 Å². The van der Waals surface area contributed by atoms with Crippen molar-refractivity contribution >= 4 is 15.9 Å². The Bertz CT molecular complexity index is 481. The fourth-order valence-corrected chi connectivity index (χ4v) is 2.99. The Morgan fingerprint density at radius 3 is 2.58 bits per heavy atom. The van der Waals surface area contributed by atoms with Gasteiger partial charge in [-0.1, -0.05) is 13.0 Å². The van der Waals surface area contributed by atoms with E-state index in [-0.39, 0.29) is 10.8 Å². The molecule has 1 aromatic carbocycles. The molecule has 0 aromatic heterocycles. The lowest BCUT2D eigenvalue weighted by molar-refractivity contribution is -0.120. The molecule has 1 aromatic rings. The lowest BCUT2D eigenvalue weighted by Gasteiger charge is -2.37. The molecule has 2 fully saturated rings. The van der Waals surface area contributed by atoms with Crippen LogP contribution in [0.1, 0.15) is 25.3 Å². The molecule has 0 spiro atoms. The Kier molecular flexibility index (Phi) is 3.36. The largest absolute Gasteiger partial charge is 0.492 e. The van der Waals surface area contributed by atoms with Gasteiger partial charge in [0, 0.05) is 17.4 Å². The van der Waals surface area contributed by atoms with E-state index in [1.54, 1.807) is 0 Å². The first-order chi connectivity index (χ1) is 9.07. The van der Waals surface area contributed by atoms with Crippen molar-refractivity contribution in [2.75, 3.05) is 26.4 Å². The van der Waals surface area contributed by atoms with Crippen molar-refractivity contribution in [3.8, 4) is 5.75 Å². The van der Waals surface area contributed by atoms with Crippen molar-refractivity contribution in [1.29, 1.82) is 0 Å². The van der Waals surface area contributed by atoms with Crippen molar-refractivity contribution in [2.45, 2.75) is 25.2 Å². The van der Waals surface area contributed by atoms with Crippen LogP contribution in [0.5, 0.6) is 5.75 Å². The van der Waals surface area contributed by atoms with Gasteiger partial charge in [0.1, 0.15) is 5.75 Å². The van der Waals surface area contributed by atoms with Gasteiger partial charge in [-0.15, -0.1) is 0 Å². The van der Waals surface area contributed by atoms with E-state index < -0.39 is 0 Å². The van der Waals surface area contributed by atoms with Gasteiger partial charge < -0.3 is 15.2 Å². The first-order valence-corrected chi connectivity index (χ1v) is 7.57. The summed E-state index contributed by atoms with van der Waals surface area (Å²) in [4.78, 5) is 0. The summed E-state index contributed by atoms with van der Waals surface area (Å²) in [6, 6.07) is 6.37. The highest BCUT2D eigenvalue weighted by molar-refractivity contribution is 9.10. The summed E-state index contributed by atoms with van der Waals surface area (Å²) in [5, 5.41) is 0. The third-order valence-electron chi connectivity index (χ3n) is 4.27. The molecule has 4 heteroatoms. The number of rotatable bonds is 5. The Labute approximate surface area is 122 Å². The molecule has 104 valence electrons. The lowest BCUT2D eigenvalue weighted by atomic mass is 9.90. The SMILES string of the molecule is CC1(COc2ccc(C3(CN)CC3)cc2Br)COC1. The molecule has 1 aliphatic carbocycles. The summed E-state index contributed by atoms with van der Waals surface area (Å²) in [5.41, 5.74) is 7.60. The normalized spacial score (nSPS) is 22.7. The highest BCUT2D eigenvalue weighted by Crippen LogP contribution is 2.48. The number of hydrogen-bond donors (Lipinski definition) is 1. The van der Waals surface area contributed by atoms with Crippen LogP contribution >= 0.6 is 15.9 Å². The zero-order valence-electron chi connectivity index (χ0n) is 11.2. The van der Waals surface area contributed by atoms with Crippen LogP contribution in [0, 0.1) is 5.41 Å². The summed E-state index contributed by atoms with van der Waals surface area (Å²) in [6.45, 7) is 5.20. The molecule has 1 aliphatic heterocycles. The molecule has 19 heavy (non-hydrogen) atoms. The van der Waals surface area contributed by atoms with E-state index >= 15 is 0 Å². The third-order valence-corrected chi connectivity index (χ3v) is 4.89. The monoisotopic (exact) mass is 325 g/mol. The maximum atomic E-state index is 5.91. The summed E-state index contributed by atoms with van der Waals surface area (Å²) >= 11 is 3.61. The number of nitrogens with two attached hydrogens (primary N) is 1. The number of ether oxygens (including phenoxy) is 2. The van der Waals surface area contributed by atoms with E-state index in [9.17, 15) is 0 Å². The fourth-order valence-electron chi connectivity index (χ4n) is 2.50. The van der Waals surface area contributed by atoms with Crippen molar-refractivity contribution in [1.82, 2.24) is 0 Å². The third kappa shape index (κ3) is 2.54. The topological polar surface area (TPSA) is 44.5 Å². The predicted molar refractivity (Wildman–Crippen MR) is 78.5 cm³/mol. The first-order valence-electron chi connectivity index (χ1n) is 6.78. The molecule has 2 aliphatic rings. The number of benzene rings is 1. The van der Waals surface area contributed by atoms with E-state index in [2.05, 4.69) is 41.1 Å². The quantitative estimate of drug-likeness (QED) is 0.905.